The molecule has 0 spiro atoms. The van der Waals surface area contributed by atoms with E-state index in [9.17, 15) is 4.79 Å². The van der Waals surface area contributed by atoms with Gasteiger partial charge in [-0.3, -0.25) is 9.89 Å². The summed E-state index contributed by atoms with van der Waals surface area (Å²) in [5.41, 5.74) is 3.48. The van der Waals surface area contributed by atoms with Crippen molar-refractivity contribution < 1.29 is 14.3 Å². The Hall–Kier alpha value is -3.03. The number of rotatable bonds is 7. The fourth-order valence-electron chi connectivity index (χ4n) is 3.44. The van der Waals surface area contributed by atoms with E-state index in [0.29, 0.717) is 36.1 Å². The molecule has 7 nitrogen and oxygen atoms in total. The zero-order valence-corrected chi connectivity index (χ0v) is 18.3. The zero-order chi connectivity index (χ0) is 21.8. The predicted octanol–water partition coefficient (Wildman–Crippen LogP) is 3.86. The number of benzene rings is 2. The largest absolute Gasteiger partial charge is 0.492 e. The molecule has 8 heteroatoms. The molecule has 0 saturated carbocycles. The van der Waals surface area contributed by atoms with Gasteiger partial charge in [-0.2, -0.15) is 5.10 Å². The highest BCUT2D eigenvalue weighted by Gasteiger charge is 2.27. The predicted molar refractivity (Wildman–Crippen MR) is 121 cm³/mol. The highest BCUT2D eigenvalue weighted by molar-refractivity contribution is 6.30. The van der Waals surface area contributed by atoms with Crippen molar-refractivity contribution >= 4 is 23.2 Å². The fraction of sp³-hybridized carbons (Fsp3) is 0.304. The van der Waals surface area contributed by atoms with Gasteiger partial charge in [-0.1, -0.05) is 17.7 Å². The molecule has 0 radical (unpaired) electrons. The molecule has 2 heterocycles. The number of hydrogen-bond acceptors (Lipinski definition) is 5. The monoisotopic (exact) mass is 440 g/mol. The smallest absolute Gasteiger partial charge is 0.231 e. The molecule has 2 aromatic carbocycles. The van der Waals surface area contributed by atoms with Crippen LogP contribution < -0.4 is 14.8 Å². The number of hydrogen-bond donors (Lipinski definition) is 2. The van der Waals surface area contributed by atoms with Gasteiger partial charge in [-0.15, -0.1) is 0 Å². The number of anilines is 1. The van der Waals surface area contributed by atoms with Crippen LogP contribution in [-0.4, -0.2) is 54.9 Å². The number of aromatic amines is 1. The lowest BCUT2D eigenvalue weighted by atomic mass is 9.96. The maximum absolute atomic E-state index is 13.0. The Morgan fingerprint density at radius 2 is 2.16 bits per heavy atom. The van der Waals surface area contributed by atoms with E-state index in [0.717, 1.165) is 29.0 Å². The summed E-state index contributed by atoms with van der Waals surface area (Å²) in [7, 11) is 3.97. The van der Waals surface area contributed by atoms with Crippen molar-refractivity contribution in [2.75, 3.05) is 39.2 Å². The molecule has 2 N–H and O–H groups in total. The summed E-state index contributed by atoms with van der Waals surface area (Å²) in [4.78, 5) is 15.0. The summed E-state index contributed by atoms with van der Waals surface area (Å²) in [5.74, 6) is 0.980. The van der Waals surface area contributed by atoms with Gasteiger partial charge in [-0.05, 0) is 62.0 Å². The lowest BCUT2D eigenvalue weighted by Crippen LogP contribution is -2.32. The van der Waals surface area contributed by atoms with Crippen molar-refractivity contribution in [3.05, 3.63) is 59.4 Å². The molecule has 3 aromatic rings. The average Bonchev–Trinajstić information content (AvgIpc) is 3.29. The summed E-state index contributed by atoms with van der Waals surface area (Å²) >= 11 is 6.10. The molecule has 0 aliphatic carbocycles. The maximum atomic E-state index is 13.0. The first-order valence-corrected chi connectivity index (χ1v) is 10.5. The van der Waals surface area contributed by atoms with Gasteiger partial charge in [-0.25, -0.2) is 0 Å². The summed E-state index contributed by atoms with van der Waals surface area (Å²) in [6, 6.07) is 11.2. The zero-order valence-electron chi connectivity index (χ0n) is 17.5. The summed E-state index contributed by atoms with van der Waals surface area (Å²) in [6.07, 6.45) is 4.14. The van der Waals surface area contributed by atoms with Gasteiger partial charge in [0.1, 0.15) is 24.7 Å². The van der Waals surface area contributed by atoms with Crippen molar-refractivity contribution in [2.24, 2.45) is 5.92 Å². The van der Waals surface area contributed by atoms with Crippen LogP contribution in [0.3, 0.4) is 0 Å². The third-order valence-corrected chi connectivity index (χ3v) is 5.40. The minimum absolute atomic E-state index is 0.112. The van der Waals surface area contributed by atoms with Gasteiger partial charge in [0.15, 0.2) is 0 Å². The topological polar surface area (TPSA) is 79.5 Å². The molecule has 0 saturated heterocycles. The van der Waals surface area contributed by atoms with Crippen LogP contribution in [0.5, 0.6) is 11.5 Å². The van der Waals surface area contributed by atoms with E-state index >= 15 is 0 Å². The Labute approximate surface area is 186 Å². The van der Waals surface area contributed by atoms with Crippen molar-refractivity contribution in [1.82, 2.24) is 15.1 Å². The van der Waals surface area contributed by atoms with Crippen LogP contribution in [0.2, 0.25) is 5.02 Å². The van der Waals surface area contributed by atoms with E-state index in [1.165, 1.54) is 0 Å². The average molecular weight is 441 g/mol. The molecule has 1 aliphatic heterocycles. The van der Waals surface area contributed by atoms with Crippen LogP contribution in [0.4, 0.5) is 5.69 Å². The minimum atomic E-state index is -0.311. The number of carbonyl (C=O) groups is 1. The quantitative estimate of drug-likeness (QED) is 0.583. The van der Waals surface area contributed by atoms with E-state index < -0.39 is 0 Å². The van der Waals surface area contributed by atoms with Crippen molar-refractivity contribution in [2.45, 2.75) is 6.42 Å². The second kappa shape index (κ2) is 9.41. The van der Waals surface area contributed by atoms with Gasteiger partial charge in [0.25, 0.3) is 0 Å². The van der Waals surface area contributed by atoms with Crippen LogP contribution in [0.15, 0.2) is 48.8 Å². The van der Waals surface area contributed by atoms with Gasteiger partial charge in [0.05, 0.1) is 17.8 Å². The van der Waals surface area contributed by atoms with E-state index in [1.807, 2.05) is 55.5 Å². The molecule has 4 rings (SSSR count). The van der Waals surface area contributed by atoms with Crippen molar-refractivity contribution in [1.29, 1.82) is 0 Å². The Bertz CT molecular complexity index is 1050. The number of ether oxygens (including phenoxy) is 2. The van der Waals surface area contributed by atoms with E-state index in [-0.39, 0.29) is 11.8 Å². The van der Waals surface area contributed by atoms with Crippen molar-refractivity contribution in [3.63, 3.8) is 0 Å². The number of aromatic nitrogens is 2. The number of nitrogens with one attached hydrogen (secondary N) is 2. The number of carbonyl (C=O) groups excluding carboxylic acids is 1. The van der Waals surface area contributed by atoms with Crippen LogP contribution in [0, 0.1) is 5.92 Å². The van der Waals surface area contributed by atoms with Crippen LogP contribution in [0.25, 0.3) is 11.1 Å². The Morgan fingerprint density at radius 1 is 1.29 bits per heavy atom. The molecule has 0 bridgehead atoms. The normalized spacial score (nSPS) is 15.3. The minimum Gasteiger partial charge on any atom is -0.492 e. The summed E-state index contributed by atoms with van der Waals surface area (Å²) in [5, 5.41) is 10.5. The first-order chi connectivity index (χ1) is 15.0. The third kappa shape index (κ3) is 5.18. The number of H-pyrrole nitrogens is 1. The molecular weight excluding hydrogens is 416 g/mol. The standard InChI is InChI=1S/C23H25ClN4O3/c1-28(2)7-8-30-22-11-15(18-12-25-26-13-18)3-5-20(22)27-23(29)17-9-16-10-19(24)4-6-21(16)31-14-17/h3-6,10-13,17H,7-9,14H2,1-2H3,(H,25,26)(H,27,29). The Kier molecular flexibility index (Phi) is 6.44. The molecular formula is C23H25ClN4O3. The SMILES string of the molecule is CN(C)CCOc1cc(-c2cn[nH]c2)ccc1NC(=O)C1COc2ccc(Cl)cc2C1. The number of likely N-dealkylation sites (N-methyl/N-ethyl adjacent to an activating group) is 1. The molecule has 31 heavy (non-hydrogen) atoms. The van der Waals surface area contributed by atoms with Gasteiger partial charge in [0, 0.05) is 23.3 Å². The molecule has 1 aliphatic rings. The second-order valence-corrected chi connectivity index (χ2v) is 8.24. The highest BCUT2D eigenvalue weighted by atomic mass is 35.5. The Morgan fingerprint density at radius 3 is 2.94 bits per heavy atom. The lowest BCUT2D eigenvalue weighted by Gasteiger charge is -2.25. The number of nitrogens with zero attached hydrogens (tertiary/aromatic N) is 2. The fourth-order valence-corrected chi connectivity index (χ4v) is 3.63. The number of amides is 1. The summed E-state index contributed by atoms with van der Waals surface area (Å²) < 4.78 is 11.8. The number of halogens is 1. The van der Waals surface area contributed by atoms with Crippen LogP contribution >= 0.6 is 11.6 Å². The summed E-state index contributed by atoms with van der Waals surface area (Å²) in [6.45, 7) is 1.59. The van der Waals surface area contributed by atoms with Gasteiger partial charge in [0.2, 0.25) is 5.91 Å². The Balaban J connectivity index is 1.51. The molecule has 162 valence electrons. The van der Waals surface area contributed by atoms with E-state index in [1.54, 1.807) is 12.3 Å². The van der Waals surface area contributed by atoms with Crippen molar-refractivity contribution in [3.8, 4) is 22.6 Å². The molecule has 0 fully saturated rings. The first-order valence-electron chi connectivity index (χ1n) is 10.1. The van der Waals surface area contributed by atoms with Crippen LogP contribution in [0.1, 0.15) is 5.56 Å². The highest BCUT2D eigenvalue weighted by Crippen LogP contribution is 2.33. The maximum Gasteiger partial charge on any atom is 0.231 e. The number of fused-ring (bicyclic) bond motifs is 1. The molecule has 1 unspecified atom stereocenters. The lowest BCUT2D eigenvalue weighted by molar-refractivity contribution is -0.121. The van der Waals surface area contributed by atoms with Gasteiger partial charge < -0.3 is 19.7 Å². The van der Waals surface area contributed by atoms with E-state index in [4.69, 9.17) is 21.1 Å². The van der Waals surface area contributed by atoms with E-state index in [2.05, 4.69) is 15.5 Å². The second-order valence-electron chi connectivity index (χ2n) is 7.80. The van der Waals surface area contributed by atoms with Gasteiger partial charge >= 0.3 is 0 Å². The molecule has 1 amide bonds. The van der Waals surface area contributed by atoms with Crippen LogP contribution in [-0.2, 0) is 11.2 Å². The third-order valence-electron chi connectivity index (χ3n) is 5.17. The first kappa shape index (κ1) is 21.2. The molecule has 1 aromatic heterocycles. The molecule has 1 atom stereocenters.